The van der Waals surface area contributed by atoms with Crippen LogP contribution in [0, 0.1) is 6.92 Å². The fourth-order valence-corrected chi connectivity index (χ4v) is 2.60. The van der Waals surface area contributed by atoms with E-state index < -0.39 is 0 Å². The largest absolute Gasteiger partial charge is 0.368 e. The average molecular weight is 310 g/mol. The molecular weight excluding hydrogens is 288 g/mol. The number of hydrogen-bond donors (Lipinski definition) is 1. The summed E-state index contributed by atoms with van der Waals surface area (Å²) in [6.07, 6.45) is 2.52. The molecule has 3 aromatic rings. The van der Waals surface area contributed by atoms with Gasteiger partial charge in [-0.3, -0.25) is 0 Å². The van der Waals surface area contributed by atoms with E-state index in [1.165, 1.54) is 11.9 Å². The van der Waals surface area contributed by atoms with Crippen molar-refractivity contribution in [3.05, 3.63) is 54.0 Å². The molecule has 1 atom stereocenters. The van der Waals surface area contributed by atoms with Crippen LogP contribution in [0.1, 0.15) is 11.3 Å². The monoisotopic (exact) mass is 310 g/mol. The summed E-state index contributed by atoms with van der Waals surface area (Å²) < 4.78 is 1.74. The van der Waals surface area contributed by atoms with Crippen molar-refractivity contribution in [3.63, 3.8) is 0 Å². The van der Waals surface area contributed by atoms with E-state index in [0.717, 1.165) is 24.5 Å². The topological polar surface area (TPSA) is 58.4 Å². The van der Waals surface area contributed by atoms with Gasteiger partial charge in [0.2, 0.25) is 0 Å². The first kappa shape index (κ1) is 15.4. The summed E-state index contributed by atoms with van der Waals surface area (Å²) in [4.78, 5) is 10.8. The fraction of sp³-hybridized carbons (Fsp3) is 0.353. The number of anilines is 1. The number of aryl methyl sites for hydroxylation is 1. The molecule has 0 aliphatic rings. The Morgan fingerprint density at radius 3 is 2.74 bits per heavy atom. The number of fused-ring (bicyclic) bond motifs is 1. The Hall–Kier alpha value is -2.47. The molecule has 1 N–H and O–H groups in total. The lowest BCUT2D eigenvalue weighted by atomic mass is 10.1. The normalized spacial score (nSPS) is 12.7. The van der Waals surface area contributed by atoms with Crippen molar-refractivity contribution in [3.8, 4) is 0 Å². The summed E-state index contributed by atoms with van der Waals surface area (Å²) in [5, 5.41) is 7.73. The van der Waals surface area contributed by atoms with E-state index >= 15 is 0 Å². The van der Waals surface area contributed by atoms with Gasteiger partial charge in [-0.25, -0.2) is 4.98 Å². The van der Waals surface area contributed by atoms with E-state index in [1.54, 1.807) is 4.52 Å². The molecule has 0 radical (unpaired) electrons. The molecule has 0 spiro atoms. The third-order valence-corrected chi connectivity index (χ3v) is 3.94. The van der Waals surface area contributed by atoms with Crippen LogP contribution in [0.25, 0.3) is 5.78 Å². The van der Waals surface area contributed by atoms with Crippen LogP contribution >= 0.6 is 0 Å². The minimum absolute atomic E-state index is 0.379. The number of likely N-dealkylation sites (N-methyl/N-ethyl adjacent to an activating group) is 1. The summed E-state index contributed by atoms with van der Waals surface area (Å²) >= 11 is 0. The molecule has 0 fully saturated rings. The summed E-state index contributed by atoms with van der Waals surface area (Å²) in [5.41, 5.74) is 2.27. The summed E-state index contributed by atoms with van der Waals surface area (Å²) in [6.45, 7) is 2.79. The van der Waals surface area contributed by atoms with Gasteiger partial charge < -0.3 is 10.2 Å². The molecule has 6 heteroatoms. The zero-order valence-corrected chi connectivity index (χ0v) is 13.8. The maximum atomic E-state index is 4.37. The highest BCUT2D eigenvalue weighted by atomic mass is 15.4. The van der Waals surface area contributed by atoms with Crippen molar-refractivity contribution in [2.24, 2.45) is 0 Å². The van der Waals surface area contributed by atoms with E-state index in [4.69, 9.17) is 0 Å². The minimum atomic E-state index is 0.379. The summed E-state index contributed by atoms with van der Waals surface area (Å²) in [6, 6.07) is 12.9. The van der Waals surface area contributed by atoms with Gasteiger partial charge in [-0.15, -0.1) is 0 Å². The van der Waals surface area contributed by atoms with Crippen LogP contribution in [0.2, 0.25) is 0 Å². The Morgan fingerprint density at radius 2 is 2.00 bits per heavy atom. The average Bonchev–Trinajstić information content (AvgIpc) is 3.00. The molecular formula is C17H22N6. The molecule has 23 heavy (non-hydrogen) atoms. The summed E-state index contributed by atoms with van der Waals surface area (Å²) in [7, 11) is 4.22. The molecule has 2 heterocycles. The first-order valence-corrected chi connectivity index (χ1v) is 7.75. The van der Waals surface area contributed by atoms with Crippen LogP contribution in [0.3, 0.4) is 0 Å². The van der Waals surface area contributed by atoms with Crippen molar-refractivity contribution < 1.29 is 0 Å². The predicted molar refractivity (Wildman–Crippen MR) is 91.6 cm³/mol. The molecule has 3 rings (SSSR count). The van der Waals surface area contributed by atoms with Gasteiger partial charge in [0.15, 0.2) is 0 Å². The second kappa shape index (κ2) is 6.75. The highest BCUT2D eigenvalue weighted by molar-refractivity contribution is 5.44. The van der Waals surface area contributed by atoms with Crippen LogP contribution in [0.5, 0.6) is 0 Å². The van der Waals surface area contributed by atoms with Gasteiger partial charge in [-0.2, -0.15) is 14.6 Å². The molecule has 6 nitrogen and oxygen atoms in total. The third-order valence-electron chi connectivity index (χ3n) is 3.94. The lowest BCUT2D eigenvalue weighted by molar-refractivity contribution is 0.303. The Labute approximate surface area is 136 Å². The highest BCUT2D eigenvalue weighted by Gasteiger charge is 2.13. The second-order valence-corrected chi connectivity index (χ2v) is 5.94. The number of nitrogens with zero attached hydrogens (tertiary/aromatic N) is 5. The number of aromatic nitrogens is 4. The molecule has 1 aromatic carbocycles. The Balaban J connectivity index is 1.74. The molecule has 0 amide bonds. The van der Waals surface area contributed by atoms with E-state index in [1.807, 2.05) is 19.1 Å². The SMILES string of the molecule is Cc1cc(NC[C@@H](Cc2ccccc2)N(C)C)n2ncnc2n1. The van der Waals surface area contributed by atoms with Crippen LogP contribution in [-0.2, 0) is 6.42 Å². The van der Waals surface area contributed by atoms with Crippen molar-refractivity contribution >= 4 is 11.6 Å². The van der Waals surface area contributed by atoms with Gasteiger partial charge in [0.1, 0.15) is 12.1 Å². The summed E-state index contributed by atoms with van der Waals surface area (Å²) in [5.74, 6) is 1.54. The Kier molecular flexibility index (Phi) is 4.52. The standard InChI is InChI=1S/C17H22N6/c1-13-9-16(23-17(21-13)19-12-20-23)18-11-15(22(2)3)10-14-7-5-4-6-8-14/h4-9,12,15,18H,10-11H2,1-3H3/t15-/m1/s1. The van der Waals surface area contributed by atoms with Gasteiger partial charge in [0.05, 0.1) is 0 Å². The quantitative estimate of drug-likeness (QED) is 0.755. The first-order chi connectivity index (χ1) is 11.1. The smallest absolute Gasteiger partial charge is 0.254 e. The maximum absolute atomic E-state index is 4.37. The van der Waals surface area contributed by atoms with E-state index in [-0.39, 0.29) is 0 Å². The first-order valence-electron chi connectivity index (χ1n) is 7.75. The zero-order chi connectivity index (χ0) is 16.2. The number of benzene rings is 1. The van der Waals surface area contributed by atoms with E-state index in [2.05, 4.69) is 63.6 Å². The third kappa shape index (κ3) is 3.65. The van der Waals surface area contributed by atoms with Gasteiger partial charge in [-0.1, -0.05) is 30.3 Å². The molecule has 0 saturated heterocycles. The lowest BCUT2D eigenvalue weighted by Gasteiger charge is -2.25. The lowest BCUT2D eigenvalue weighted by Crippen LogP contribution is -2.36. The van der Waals surface area contributed by atoms with Gasteiger partial charge in [0, 0.05) is 24.3 Å². The Bertz CT molecular complexity index is 765. The van der Waals surface area contributed by atoms with Crippen molar-refractivity contribution in [1.29, 1.82) is 0 Å². The van der Waals surface area contributed by atoms with Crippen LogP contribution < -0.4 is 5.32 Å². The fourth-order valence-electron chi connectivity index (χ4n) is 2.60. The van der Waals surface area contributed by atoms with Gasteiger partial charge in [0.25, 0.3) is 5.78 Å². The molecule has 0 bridgehead atoms. The Morgan fingerprint density at radius 1 is 1.22 bits per heavy atom. The van der Waals surface area contributed by atoms with Crippen LogP contribution in [0.15, 0.2) is 42.7 Å². The molecule has 0 aliphatic carbocycles. The van der Waals surface area contributed by atoms with Crippen molar-refractivity contribution in [1.82, 2.24) is 24.5 Å². The molecule has 0 aliphatic heterocycles. The molecule has 2 aromatic heterocycles. The van der Waals surface area contributed by atoms with Gasteiger partial charge in [-0.05, 0) is 33.0 Å². The molecule has 0 unspecified atom stereocenters. The van der Waals surface area contributed by atoms with E-state index in [0.29, 0.717) is 11.8 Å². The maximum Gasteiger partial charge on any atom is 0.254 e. The number of rotatable bonds is 6. The van der Waals surface area contributed by atoms with E-state index in [9.17, 15) is 0 Å². The second-order valence-electron chi connectivity index (χ2n) is 5.94. The predicted octanol–water partition coefficient (Wildman–Crippen LogP) is 2.02. The van der Waals surface area contributed by atoms with Gasteiger partial charge >= 0.3 is 0 Å². The highest BCUT2D eigenvalue weighted by Crippen LogP contribution is 2.12. The number of hydrogen-bond acceptors (Lipinski definition) is 5. The van der Waals surface area contributed by atoms with Crippen LogP contribution in [0.4, 0.5) is 5.82 Å². The van der Waals surface area contributed by atoms with Crippen molar-refractivity contribution in [2.45, 2.75) is 19.4 Å². The van der Waals surface area contributed by atoms with Crippen LogP contribution in [-0.4, -0.2) is 51.2 Å². The number of nitrogens with one attached hydrogen (secondary N) is 1. The van der Waals surface area contributed by atoms with Crippen molar-refractivity contribution in [2.75, 3.05) is 26.0 Å². The zero-order valence-electron chi connectivity index (χ0n) is 13.8. The molecule has 0 saturated carbocycles. The minimum Gasteiger partial charge on any atom is -0.368 e. The molecule has 120 valence electrons.